The van der Waals surface area contributed by atoms with Gasteiger partial charge in [0.1, 0.15) is 0 Å². The molecule has 2 aromatic carbocycles. The number of nitrogens with zero attached hydrogens (tertiary/aromatic N) is 1. The lowest BCUT2D eigenvalue weighted by Crippen LogP contribution is -1.71. The maximum atomic E-state index is 4.23. The van der Waals surface area contributed by atoms with Crippen LogP contribution in [0, 0.1) is 0 Å². The minimum Gasteiger partial charge on any atom is -0.262 e. The van der Waals surface area contributed by atoms with Gasteiger partial charge >= 0.3 is 0 Å². The fourth-order valence-corrected chi connectivity index (χ4v) is 1.41. The van der Waals surface area contributed by atoms with Crippen LogP contribution >= 0.6 is 0 Å². The van der Waals surface area contributed by atoms with E-state index in [1.165, 1.54) is 10.8 Å². The highest BCUT2D eigenvalue weighted by Gasteiger charge is 1.92. The molecule has 0 bridgehead atoms. The molecule has 0 aliphatic rings. The van der Waals surface area contributed by atoms with E-state index in [4.69, 9.17) is 0 Å². The van der Waals surface area contributed by atoms with Gasteiger partial charge in [0, 0.05) is 6.21 Å². The smallest absolute Gasteiger partial charge is 0.0631 e. The molecule has 0 spiro atoms. The predicted molar refractivity (Wildman–Crippen MR) is 57.8 cm³/mol. The first kappa shape index (κ1) is 7.99. The fourth-order valence-electron chi connectivity index (χ4n) is 1.41. The lowest BCUT2D eigenvalue weighted by Gasteiger charge is -1.97. The zero-order valence-electron chi connectivity index (χ0n) is 7.57. The second-order valence-electron chi connectivity index (χ2n) is 2.92. The van der Waals surface area contributed by atoms with E-state index in [1.807, 2.05) is 31.3 Å². The molecule has 0 fully saturated rings. The molecule has 0 amide bonds. The van der Waals surface area contributed by atoms with E-state index in [9.17, 15) is 0 Å². The molecule has 1 heteroatoms. The summed E-state index contributed by atoms with van der Waals surface area (Å²) in [5.41, 5.74) is 1.02. The molecular formula is C12H11N. The zero-order valence-corrected chi connectivity index (χ0v) is 7.57. The Labute approximate surface area is 77.7 Å². The Morgan fingerprint density at radius 3 is 2.54 bits per heavy atom. The molecule has 64 valence electrons. The van der Waals surface area contributed by atoms with Gasteiger partial charge in [0.05, 0.1) is 5.69 Å². The molecule has 0 unspecified atom stereocenters. The van der Waals surface area contributed by atoms with Crippen molar-refractivity contribution < 1.29 is 0 Å². The van der Waals surface area contributed by atoms with Crippen molar-refractivity contribution in [2.75, 3.05) is 0 Å². The molecule has 0 saturated carbocycles. The summed E-state index contributed by atoms with van der Waals surface area (Å²) in [5, 5.41) is 2.50. The highest BCUT2D eigenvalue weighted by Crippen LogP contribution is 2.20. The third-order valence-corrected chi connectivity index (χ3v) is 2.01. The van der Waals surface area contributed by atoms with Crippen LogP contribution in [0.4, 0.5) is 5.69 Å². The maximum Gasteiger partial charge on any atom is 0.0631 e. The van der Waals surface area contributed by atoms with E-state index in [-0.39, 0.29) is 0 Å². The van der Waals surface area contributed by atoms with Crippen LogP contribution in [0.2, 0.25) is 0 Å². The largest absolute Gasteiger partial charge is 0.262 e. The molecular weight excluding hydrogens is 158 g/mol. The van der Waals surface area contributed by atoms with E-state index in [1.54, 1.807) is 0 Å². The minimum atomic E-state index is 1.02. The Morgan fingerprint density at radius 2 is 1.77 bits per heavy atom. The Hall–Kier alpha value is -1.63. The second-order valence-corrected chi connectivity index (χ2v) is 2.92. The van der Waals surface area contributed by atoms with Gasteiger partial charge in [-0.05, 0) is 29.8 Å². The molecule has 0 aliphatic carbocycles. The van der Waals surface area contributed by atoms with E-state index in [2.05, 4.69) is 29.3 Å². The lowest BCUT2D eigenvalue weighted by atomic mass is 10.1. The number of hydrogen-bond acceptors (Lipinski definition) is 1. The predicted octanol–water partition coefficient (Wildman–Crippen LogP) is 3.56. The van der Waals surface area contributed by atoms with Gasteiger partial charge in [-0.3, -0.25) is 4.99 Å². The summed E-state index contributed by atoms with van der Waals surface area (Å²) in [7, 11) is 0. The average molecular weight is 169 g/mol. The molecule has 0 atom stereocenters. The van der Waals surface area contributed by atoms with Crippen LogP contribution in [0.5, 0.6) is 0 Å². The first-order valence-corrected chi connectivity index (χ1v) is 4.37. The van der Waals surface area contributed by atoms with Crippen molar-refractivity contribution in [1.29, 1.82) is 0 Å². The molecule has 2 rings (SSSR count). The monoisotopic (exact) mass is 169 g/mol. The van der Waals surface area contributed by atoms with Crippen LogP contribution < -0.4 is 0 Å². The van der Waals surface area contributed by atoms with Crippen molar-refractivity contribution in [3.63, 3.8) is 0 Å². The summed E-state index contributed by atoms with van der Waals surface area (Å²) in [6.07, 6.45) is 1.81. The second kappa shape index (κ2) is 3.40. The molecule has 1 nitrogen and oxygen atoms in total. The Bertz CT molecular complexity index is 444. The van der Waals surface area contributed by atoms with Crippen molar-refractivity contribution in [1.82, 2.24) is 0 Å². The number of rotatable bonds is 1. The number of benzene rings is 2. The lowest BCUT2D eigenvalue weighted by molar-refractivity contribution is 1.55. The van der Waals surface area contributed by atoms with Crippen LogP contribution in [-0.2, 0) is 0 Å². The molecule has 0 N–H and O–H groups in total. The minimum absolute atomic E-state index is 1.02. The molecule has 0 saturated heterocycles. The molecule has 2 aromatic rings. The van der Waals surface area contributed by atoms with Crippen LogP contribution in [0.15, 0.2) is 47.5 Å². The van der Waals surface area contributed by atoms with Gasteiger partial charge in [-0.2, -0.15) is 0 Å². The molecule has 13 heavy (non-hydrogen) atoms. The van der Waals surface area contributed by atoms with Crippen LogP contribution in [0.1, 0.15) is 6.92 Å². The number of hydrogen-bond donors (Lipinski definition) is 0. The third-order valence-electron chi connectivity index (χ3n) is 2.01. The van der Waals surface area contributed by atoms with Gasteiger partial charge in [-0.1, -0.05) is 30.3 Å². The van der Waals surface area contributed by atoms with Crippen LogP contribution in [0.3, 0.4) is 0 Å². The number of aliphatic imine (C=N–C) groups is 1. The van der Waals surface area contributed by atoms with Crippen molar-refractivity contribution in [3.8, 4) is 0 Å². The van der Waals surface area contributed by atoms with E-state index >= 15 is 0 Å². The topological polar surface area (TPSA) is 12.4 Å². The molecule has 0 radical (unpaired) electrons. The van der Waals surface area contributed by atoms with Crippen molar-refractivity contribution in [2.24, 2.45) is 4.99 Å². The normalized spacial score (nSPS) is 11.2. The fraction of sp³-hybridized carbons (Fsp3) is 0.0833. The molecule has 0 aromatic heterocycles. The van der Waals surface area contributed by atoms with E-state index < -0.39 is 0 Å². The van der Waals surface area contributed by atoms with Crippen LogP contribution in [-0.4, -0.2) is 6.21 Å². The van der Waals surface area contributed by atoms with Gasteiger partial charge in [0.25, 0.3) is 0 Å². The van der Waals surface area contributed by atoms with Crippen molar-refractivity contribution >= 4 is 22.7 Å². The summed E-state index contributed by atoms with van der Waals surface area (Å²) in [6.45, 7) is 1.93. The average Bonchev–Trinajstić information content (AvgIpc) is 2.18. The van der Waals surface area contributed by atoms with Gasteiger partial charge in [-0.25, -0.2) is 0 Å². The highest BCUT2D eigenvalue weighted by molar-refractivity contribution is 5.85. The Balaban J connectivity index is 2.62. The first-order valence-electron chi connectivity index (χ1n) is 4.37. The quantitative estimate of drug-likeness (QED) is 0.579. The standard InChI is InChI=1S/C12H11N/c1-2-13-12-8-7-10-5-3-4-6-11(10)9-12/h2-9H,1H3. The first-order chi connectivity index (χ1) is 6.40. The summed E-state index contributed by atoms with van der Waals surface area (Å²) in [5.74, 6) is 0. The maximum absolute atomic E-state index is 4.23. The summed E-state index contributed by atoms with van der Waals surface area (Å²) in [4.78, 5) is 4.23. The number of fused-ring (bicyclic) bond motifs is 1. The van der Waals surface area contributed by atoms with Crippen LogP contribution in [0.25, 0.3) is 10.8 Å². The Kier molecular flexibility index (Phi) is 2.09. The highest BCUT2D eigenvalue weighted by atomic mass is 14.7. The van der Waals surface area contributed by atoms with Gasteiger partial charge in [0.15, 0.2) is 0 Å². The Morgan fingerprint density at radius 1 is 1.00 bits per heavy atom. The SMILES string of the molecule is CC=Nc1ccc2ccccc2c1. The zero-order chi connectivity index (χ0) is 9.10. The molecule has 0 aliphatic heterocycles. The van der Waals surface area contributed by atoms with Crippen molar-refractivity contribution in [3.05, 3.63) is 42.5 Å². The van der Waals surface area contributed by atoms with Gasteiger partial charge in [0.2, 0.25) is 0 Å². The van der Waals surface area contributed by atoms with Gasteiger partial charge < -0.3 is 0 Å². The van der Waals surface area contributed by atoms with E-state index in [0.29, 0.717) is 0 Å². The van der Waals surface area contributed by atoms with Gasteiger partial charge in [-0.15, -0.1) is 0 Å². The van der Waals surface area contributed by atoms with E-state index in [0.717, 1.165) is 5.69 Å². The van der Waals surface area contributed by atoms with Crippen molar-refractivity contribution in [2.45, 2.75) is 6.92 Å². The summed E-state index contributed by atoms with van der Waals surface area (Å²) < 4.78 is 0. The molecule has 0 heterocycles. The third kappa shape index (κ3) is 1.59. The summed E-state index contributed by atoms with van der Waals surface area (Å²) >= 11 is 0. The summed E-state index contributed by atoms with van der Waals surface area (Å²) in [6, 6.07) is 14.5.